The second-order valence-corrected chi connectivity index (χ2v) is 4.74. The molecule has 5 heteroatoms. The first kappa shape index (κ1) is 14.1. The average Bonchev–Trinajstić information content (AvgIpc) is 2.29. The summed E-state index contributed by atoms with van der Waals surface area (Å²) >= 11 is 6.99. The summed E-state index contributed by atoms with van der Waals surface area (Å²) in [5.41, 5.74) is 0.552. The standard InChI is InChI=1S/C12H13ClFNOS/c1-2-5-15-12(16)8-17-7-9-3-4-10(13)6-11(9)14/h2-4,6H,1,5,7-8H2,(H,15,16). The van der Waals surface area contributed by atoms with Gasteiger partial charge in [0.2, 0.25) is 5.91 Å². The SMILES string of the molecule is C=CCNC(=O)CSCc1ccc(Cl)cc1F. The van der Waals surface area contributed by atoms with Crippen LogP contribution in [-0.4, -0.2) is 18.2 Å². The minimum Gasteiger partial charge on any atom is -0.352 e. The molecule has 17 heavy (non-hydrogen) atoms. The van der Waals surface area contributed by atoms with Crippen LogP contribution in [0.3, 0.4) is 0 Å². The number of carbonyl (C=O) groups is 1. The molecular weight excluding hydrogens is 261 g/mol. The molecule has 1 rings (SSSR count). The molecule has 0 aromatic heterocycles. The highest BCUT2D eigenvalue weighted by molar-refractivity contribution is 7.99. The number of hydrogen-bond acceptors (Lipinski definition) is 2. The maximum Gasteiger partial charge on any atom is 0.230 e. The van der Waals surface area contributed by atoms with Crippen LogP contribution in [-0.2, 0) is 10.5 Å². The molecule has 0 saturated heterocycles. The van der Waals surface area contributed by atoms with Gasteiger partial charge in [-0.2, -0.15) is 0 Å². The van der Waals surface area contributed by atoms with Crippen molar-refractivity contribution in [3.05, 3.63) is 47.3 Å². The molecule has 0 atom stereocenters. The fraction of sp³-hybridized carbons (Fsp3) is 0.250. The second-order valence-electron chi connectivity index (χ2n) is 3.32. The lowest BCUT2D eigenvalue weighted by Gasteiger charge is -2.04. The van der Waals surface area contributed by atoms with Crippen molar-refractivity contribution >= 4 is 29.3 Å². The Balaban J connectivity index is 2.35. The Kier molecular flexibility index (Phi) is 6.08. The number of benzene rings is 1. The van der Waals surface area contributed by atoms with Crippen LogP contribution in [0.1, 0.15) is 5.56 Å². The Morgan fingerprint density at radius 1 is 1.59 bits per heavy atom. The third-order valence-corrected chi connectivity index (χ3v) is 3.17. The van der Waals surface area contributed by atoms with E-state index in [-0.39, 0.29) is 11.7 Å². The van der Waals surface area contributed by atoms with Crippen LogP contribution in [0.15, 0.2) is 30.9 Å². The Labute approximate surface area is 109 Å². The predicted molar refractivity (Wildman–Crippen MR) is 70.8 cm³/mol. The van der Waals surface area contributed by atoms with E-state index in [2.05, 4.69) is 11.9 Å². The fourth-order valence-corrected chi connectivity index (χ4v) is 2.13. The van der Waals surface area contributed by atoms with Gasteiger partial charge in [0.15, 0.2) is 0 Å². The van der Waals surface area contributed by atoms with Gasteiger partial charge in [0, 0.05) is 17.3 Å². The van der Waals surface area contributed by atoms with E-state index in [9.17, 15) is 9.18 Å². The van der Waals surface area contributed by atoms with Gasteiger partial charge in [0.25, 0.3) is 0 Å². The first-order valence-electron chi connectivity index (χ1n) is 5.02. The smallest absolute Gasteiger partial charge is 0.230 e. The van der Waals surface area contributed by atoms with Crippen LogP contribution < -0.4 is 5.32 Å². The average molecular weight is 274 g/mol. The Morgan fingerprint density at radius 3 is 3.00 bits per heavy atom. The summed E-state index contributed by atoms with van der Waals surface area (Å²) < 4.78 is 13.4. The minimum absolute atomic E-state index is 0.0794. The largest absolute Gasteiger partial charge is 0.352 e. The van der Waals surface area contributed by atoms with E-state index in [1.54, 1.807) is 18.2 Å². The molecule has 0 unspecified atom stereocenters. The highest BCUT2D eigenvalue weighted by Crippen LogP contribution is 2.19. The first-order chi connectivity index (χ1) is 8.13. The van der Waals surface area contributed by atoms with Gasteiger partial charge in [-0.25, -0.2) is 4.39 Å². The minimum atomic E-state index is -0.337. The zero-order valence-corrected chi connectivity index (χ0v) is 10.8. The monoisotopic (exact) mass is 273 g/mol. The number of hydrogen-bond donors (Lipinski definition) is 1. The number of thioether (sulfide) groups is 1. The van der Waals surface area contributed by atoms with Gasteiger partial charge < -0.3 is 5.32 Å². The zero-order valence-electron chi connectivity index (χ0n) is 9.21. The molecule has 92 valence electrons. The molecule has 0 aliphatic rings. The molecule has 1 N–H and O–H groups in total. The predicted octanol–water partition coefficient (Wildman–Crippen LogP) is 3.01. The van der Waals surface area contributed by atoms with E-state index < -0.39 is 0 Å². The fourth-order valence-electron chi connectivity index (χ4n) is 1.13. The molecule has 0 fully saturated rings. The molecule has 0 heterocycles. The summed E-state index contributed by atoms with van der Waals surface area (Å²) in [6, 6.07) is 4.54. The maximum atomic E-state index is 13.4. The van der Waals surface area contributed by atoms with E-state index in [1.807, 2.05) is 0 Å². The quantitative estimate of drug-likeness (QED) is 0.808. The molecular formula is C12H13ClFNOS. The third-order valence-electron chi connectivity index (χ3n) is 1.95. The molecule has 0 spiro atoms. The topological polar surface area (TPSA) is 29.1 Å². The molecule has 1 aromatic carbocycles. The molecule has 1 aromatic rings. The van der Waals surface area contributed by atoms with Gasteiger partial charge in [0.05, 0.1) is 5.75 Å². The lowest BCUT2D eigenvalue weighted by molar-refractivity contribution is -0.118. The Hall–Kier alpha value is -1.00. The molecule has 0 bridgehead atoms. The van der Waals surface area contributed by atoms with Crippen molar-refractivity contribution in [2.24, 2.45) is 0 Å². The summed E-state index contributed by atoms with van der Waals surface area (Å²) in [5.74, 6) is 0.334. The van der Waals surface area contributed by atoms with E-state index in [4.69, 9.17) is 11.6 Å². The Morgan fingerprint density at radius 2 is 2.35 bits per heavy atom. The van der Waals surface area contributed by atoms with Crippen LogP contribution >= 0.6 is 23.4 Å². The summed E-state index contributed by atoms with van der Waals surface area (Å²) in [7, 11) is 0. The van der Waals surface area contributed by atoms with E-state index in [0.717, 1.165) is 0 Å². The number of nitrogens with one attached hydrogen (secondary N) is 1. The van der Waals surface area contributed by atoms with Crippen molar-refractivity contribution in [2.45, 2.75) is 5.75 Å². The molecule has 2 nitrogen and oxygen atoms in total. The van der Waals surface area contributed by atoms with Crippen molar-refractivity contribution in [1.82, 2.24) is 5.32 Å². The van der Waals surface area contributed by atoms with Crippen molar-refractivity contribution in [1.29, 1.82) is 0 Å². The highest BCUT2D eigenvalue weighted by Gasteiger charge is 2.05. The molecule has 1 amide bonds. The van der Waals surface area contributed by atoms with Crippen molar-refractivity contribution in [3.63, 3.8) is 0 Å². The van der Waals surface area contributed by atoms with Gasteiger partial charge in [-0.15, -0.1) is 18.3 Å². The zero-order chi connectivity index (χ0) is 12.7. The maximum absolute atomic E-state index is 13.4. The van der Waals surface area contributed by atoms with Gasteiger partial charge in [-0.3, -0.25) is 4.79 Å². The van der Waals surface area contributed by atoms with Crippen molar-refractivity contribution < 1.29 is 9.18 Å². The van der Waals surface area contributed by atoms with E-state index in [1.165, 1.54) is 17.8 Å². The van der Waals surface area contributed by atoms with Gasteiger partial charge in [-0.05, 0) is 17.7 Å². The molecule has 0 aliphatic carbocycles. The first-order valence-corrected chi connectivity index (χ1v) is 6.56. The van der Waals surface area contributed by atoms with Crippen LogP contribution in [0.2, 0.25) is 5.02 Å². The summed E-state index contributed by atoms with van der Waals surface area (Å²) in [4.78, 5) is 11.2. The van der Waals surface area contributed by atoms with Gasteiger partial charge >= 0.3 is 0 Å². The third kappa shape index (κ3) is 5.24. The van der Waals surface area contributed by atoms with Crippen LogP contribution in [0.5, 0.6) is 0 Å². The van der Waals surface area contributed by atoms with Crippen LogP contribution in [0, 0.1) is 5.82 Å². The highest BCUT2D eigenvalue weighted by atomic mass is 35.5. The van der Waals surface area contributed by atoms with Crippen LogP contribution in [0.4, 0.5) is 4.39 Å². The van der Waals surface area contributed by atoms with Gasteiger partial charge in [0.1, 0.15) is 5.82 Å². The molecule has 0 saturated carbocycles. The van der Waals surface area contributed by atoms with Crippen molar-refractivity contribution in [2.75, 3.05) is 12.3 Å². The van der Waals surface area contributed by atoms with E-state index >= 15 is 0 Å². The summed E-state index contributed by atoms with van der Waals surface area (Å²) in [5, 5.41) is 3.02. The van der Waals surface area contributed by atoms with E-state index in [0.29, 0.717) is 28.6 Å². The Bertz CT molecular complexity index is 411. The molecule has 0 aliphatic heterocycles. The van der Waals surface area contributed by atoms with Crippen molar-refractivity contribution in [3.8, 4) is 0 Å². The van der Waals surface area contributed by atoms with Gasteiger partial charge in [-0.1, -0.05) is 23.7 Å². The lowest BCUT2D eigenvalue weighted by atomic mass is 10.2. The summed E-state index contributed by atoms with van der Waals surface area (Å²) in [6.45, 7) is 3.95. The lowest BCUT2D eigenvalue weighted by Crippen LogP contribution is -2.24. The number of rotatable bonds is 6. The summed E-state index contributed by atoms with van der Waals surface area (Å²) in [6.07, 6.45) is 1.61. The number of carbonyl (C=O) groups excluding carboxylic acids is 1. The molecule has 0 radical (unpaired) electrons. The normalized spacial score (nSPS) is 10.0. The second kappa shape index (κ2) is 7.35. The number of amides is 1. The number of halogens is 2. The van der Waals surface area contributed by atoms with Crippen LogP contribution in [0.25, 0.3) is 0 Å².